The Morgan fingerprint density at radius 2 is 1.59 bits per heavy atom. The highest BCUT2D eigenvalue weighted by Gasteiger charge is 2.31. The highest BCUT2D eigenvalue weighted by molar-refractivity contribution is 5.85. The van der Waals surface area contributed by atoms with Crippen LogP contribution < -0.4 is 14.4 Å². The Hall–Kier alpha value is -2.95. The number of ether oxygens (including phenoxy) is 3. The molecule has 0 amide bonds. The first-order valence-corrected chi connectivity index (χ1v) is 9.07. The Kier molecular flexibility index (Phi) is 6.01. The third kappa shape index (κ3) is 4.25. The molecule has 0 unspecified atom stereocenters. The fraction of sp³-hybridized carbons (Fsp3) is 0.318. The number of carbonyl (C=O) groups is 1. The second-order valence-corrected chi connectivity index (χ2v) is 6.28. The molecule has 1 atom stereocenters. The normalized spacial score (nSPS) is 16.5. The van der Waals surface area contributed by atoms with Gasteiger partial charge in [-0.2, -0.15) is 0 Å². The van der Waals surface area contributed by atoms with Crippen LogP contribution in [0, 0.1) is 0 Å². The van der Waals surface area contributed by atoms with E-state index in [1.54, 1.807) is 14.2 Å². The third-order valence-electron chi connectivity index (χ3n) is 4.75. The summed E-state index contributed by atoms with van der Waals surface area (Å²) in [6.45, 7) is 2.84. The lowest BCUT2D eigenvalue weighted by Crippen LogP contribution is -2.45. The van der Waals surface area contributed by atoms with E-state index < -0.39 is 0 Å². The van der Waals surface area contributed by atoms with Crippen LogP contribution in [0.5, 0.6) is 11.5 Å². The van der Waals surface area contributed by atoms with Gasteiger partial charge in [0.2, 0.25) is 0 Å². The van der Waals surface area contributed by atoms with Crippen molar-refractivity contribution in [2.75, 3.05) is 32.3 Å². The van der Waals surface area contributed by atoms with E-state index in [2.05, 4.69) is 11.0 Å². The highest BCUT2D eigenvalue weighted by Crippen LogP contribution is 2.32. The first-order valence-electron chi connectivity index (χ1n) is 9.07. The molecule has 1 heterocycles. The molecule has 0 saturated heterocycles. The molecule has 0 spiro atoms. The van der Waals surface area contributed by atoms with E-state index in [1.807, 2.05) is 55.5 Å². The van der Waals surface area contributed by atoms with E-state index in [0.29, 0.717) is 19.6 Å². The van der Waals surface area contributed by atoms with Crippen molar-refractivity contribution in [3.8, 4) is 11.5 Å². The fourth-order valence-electron chi connectivity index (χ4n) is 3.29. The average Bonchev–Trinajstić information content (AvgIpc) is 2.73. The van der Waals surface area contributed by atoms with E-state index >= 15 is 0 Å². The molecule has 0 saturated carbocycles. The van der Waals surface area contributed by atoms with Gasteiger partial charge in [0.25, 0.3) is 0 Å². The van der Waals surface area contributed by atoms with Crippen LogP contribution in [0.15, 0.2) is 54.6 Å². The molecule has 0 aliphatic carbocycles. The van der Waals surface area contributed by atoms with Crippen LogP contribution in [0.4, 0.5) is 5.69 Å². The Labute approximate surface area is 160 Å². The quantitative estimate of drug-likeness (QED) is 0.724. The molecular formula is C22H25NO4. The van der Waals surface area contributed by atoms with Crippen molar-refractivity contribution in [3.05, 3.63) is 60.2 Å². The number of nitrogens with zero attached hydrogens (tertiary/aromatic N) is 1. The van der Waals surface area contributed by atoms with Gasteiger partial charge in [-0.3, -0.25) is 0 Å². The van der Waals surface area contributed by atoms with Crippen LogP contribution >= 0.6 is 0 Å². The van der Waals surface area contributed by atoms with Crippen LogP contribution in [0.1, 0.15) is 18.9 Å². The third-order valence-corrected chi connectivity index (χ3v) is 4.75. The summed E-state index contributed by atoms with van der Waals surface area (Å²) in [5.41, 5.74) is 3.21. The molecule has 0 radical (unpaired) electrons. The maximum absolute atomic E-state index is 12.6. The number of carbonyl (C=O) groups excluding carboxylic acids is 1. The van der Waals surface area contributed by atoms with Crippen molar-refractivity contribution in [1.29, 1.82) is 0 Å². The SMILES string of the molecule is CCOC(=O)[C@@H]1CC(c2ccc(OC)cc2)=CCN1c1ccc(OC)cc1. The van der Waals surface area contributed by atoms with Crippen LogP contribution in [0.3, 0.4) is 0 Å². The predicted molar refractivity (Wildman–Crippen MR) is 106 cm³/mol. The second kappa shape index (κ2) is 8.62. The first kappa shape index (κ1) is 18.8. The minimum atomic E-state index is -0.361. The van der Waals surface area contributed by atoms with Crippen LogP contribution in [-0.4, -0.2) is 39.4 Å². The standard InChI is InChI=1S/C22H25NO4/c1-4-27-22(24)21-15-17(16-5-9-19(25-2)10-6-16)13-14-23(21)18-7-11-20(26-3)12-8-18/h5-13,21H,4,14-15H2,1-3H3/t21-/m0/s1. The summed E-state index contributed by atoms with van der Waals surface area (Å²) in [7, 11) is 3.29. The van der Waals surface area contributed by atoms with Crippen molar-refractivity contribution in [2.45, 2.75) is 19.4 Å². The lowest BCUT2D eigenvalue weighted by atomic mass is 9.93. The van der Waals surface area contributed by atoms with Crippen molar-refractivity contribution in [1.82, 2.24) is 0 Å². The van der Waals surface area contributed by atoms with Gasteiger partial charge in [0.05, 0.1) is 20.8 Å². The Balaban J connectivity index is 1.88. The van der Waals surface area contributed by atoms with E-state index in [0.717, 1.165) is 28.3 Å². The van der Waals surface area contributed by atoms with Gasteiger partial charge in [-0.05, 0) is 54.5 Å². The van der Waals surface area contributed by atoms with Crippen LogP contribution in [0.25, 0.3) is 5.57 Å². The molecule has 0 bridgehead atoms. The van der Waals surface area contributed by atoms with Gasteiger partial charge in [0, 0.05) is 18.7 Å². The van der Waals surface area contributed by atoms with Crippen LogP contribution in [-0.2, 0) is 9.53 Å². The van der Waals surface area contributed by atoms with Gasteiger partial charge >= 0.3 is 5.97 Å². The number of benzene rings is 2. The van der Waals surface area contributed by atoms with E-state index in [-0.39, 0.29) is 12.0 Å². The summed E-state index contributed by atoms with van der Waals surface area (Å²) < 4.78 is 15.8. The van der Waals surface area contributed by atoms with Crippen molar-refractivity contribution in [3.63, 3.8) is 0 Å². The Bertz CT molecular complexity index is 796. The minimum absolute atomic E-state index is 0.201. The predicted octanol–water partition coefficient (Wildman–Crippen LogP) is 3.93. The number of methoxy groups -OCH3 is 2. The summed E-state index contributed by atoms with van der Waals surface area (Å²) in [5, 5.41) is 0. The molecule has 3 rings (SSSR count). The topological polar surface area (TPSA) is 48.0 Å². The zero-order valence-corrected chi connectivity index (χ0v) is 16.0. The fourth-order valence-corrected chi connectivity index (χ4v) is 3.29. The zero-order chi connectivity index (χ0) is 19.2. The number of rotatable bonds is 6. The smallest absolute Gasteiger partial charge is 0.329 e. The average molecular weight is 367 g/mol. The number of anilines is 1. The van der Waals surface area contributed by atoms with E-state index in [1.165, 1.54) is 0 Å². The van der Waals surface area contributed by atoms with Gasteiger partial charge < -0.3 is 19.1 Å². The van der Waals surface area contributed by atoms with Crippen molar-refractivity contribution in [2.24, 2.45) is 0 Å². The lowest BCUT2D eigenvalue weighted by molar-refractivity contribution is -0.144. The van der Waals surface area contributed by atoms with Gasteiger partial charge in [-0.25, -0.2) is 4.79 Å². The van der Waals surface area contributed by atoms with Gasteiger partial charge in [-0.15, -0.1) is 0 Å². The largest absolute Gasteiger partial charge is 0.497 e. The molecule has 0 fully saturated rings. The van der Waals surface area contributed by atoms with Crippen molar-refractivity contribution < 1.29 is 19.0 Å². The molecule has 2 aromatic carbocycles. The molecule has 5 heteroatoms. The highest BCUT2D eigenvalue weighted by atomic mass is 16.5. The summed E-state index contributed by atoms with van der Waals surface area (Å²) in [5.74, 6) is 1.40. The summed E-state index contributed by atoms with van der Waals surface area (Å²) >= 11 is 0. The van der Waals surface area contributed by atoms with E-state index in [4.69, 9.17) is 14.2 Å². The molecule has 0 N–H and O–H groups in total. The van der Waals surface area contributed by atoms with Crippen molar-refractivity contribution >= 4 is 17.2 Å². The van der Waals surface area contributed by atoms with E-state index in [9.17, 15) is 4.79 Å². The maximum Gasteiger partial charge on any atom is 0.329 e. The second-order valence-electron chi connectivity index (χ2n) is 6.28. The summed E-state index contributed by atoms with van der Waals surface area (Å²) in [6, 6.07) is 15.3. The van der Waals surface area contributed by atoms with Gasteiger partial charge in [-0.1, -0.05) is 18.2 Å². The molecule has 1 aliphatic rings. The molecule has 27 heavy (non-hydrogen) atoms. The monoisotopic (exact) mass is 367 g/mol. The lowest BCUT2D eigenvalue weighted by Gasteiger charge is -2.35. The molecule has 2 aromatic rings. The van der Waals surface area contributed by atoms with Gasteiger partial charge in [0.1, 0.15) is 17.5 Å². The minimum Gasteiger partial charge on any atom is -0.497 e. The number of hydrogen-bond acceptors (Lipinski definition) is 5. The summed E-state index contributed by atoms with van der Waals surface area (Å²) in [6.07, 6.45) is 2.76. The zero-order valence-electron chi connectivity index (χ0n) is 16.0. The molecule has 0 aromatic heterocycles. The molecule has 1 aliphatic heterocycles. The Morgan fingerprint density at radius 1 is 1.00 bits per heavy atom. The molecule has 5 nitrogen and oxygen atoms in total. The number of esters is 1. The maximum atomic E-state index is 12.6. The van der Waals surface area contributed by atoms with Gasteiger partial charge in [0.15, 0.2) is 0 Å². The summed E-state index contributed by atoms with van der Waals surface area (Å²) in [4.78, 5) is 14.7. The first-order chi connectivity index (χ1) is 13.2. The molecular weight excluding hydrogens is 342 g/mol. The van der Waals surface area contributed by atoms with Crippen LogP contribution in [0.2, 0.25) is 0 Å². The molecule has 142 valence electrons. The number of hydrogen-bond donors (Lipinski definition) is 0. The Morgan fingerprint density at radius 3 is 2.15 bits per heavy atom.